The molecule has 1 aromatic rings. The third kappa shape index (κ3) is 2.82. The lowest BCUT2D eigenvalue weighted by Gasteiger charge is -2.35. The van der Waals surface area contributed by atoms with E-state index in [-0.39, 0.29) is 13.0 Å². The van der Waals surface area contributed by atoms with Crippen molar-refractivity contribution in [2.45, 2.75) is 30.7 Å². The van der Waals surface area contributed by atoms with E-state index in [1.54, 1.807) is 6.92 Å². The van der Waals surface area contributed by atoms with Crippen molar-refractivity contribution in [1.29, 1.82) is 0 Å². The standard InChI is InChI=1S/C13H14F3NO4S/c1-7-2-3-8(13(18)19)6-17(7)22(20,21)10-5-4-9(14)11(15)12(10)16/h4-5,7-8H,2-3,6H2,1H3,(H,18,19). The smallest absolute Gasteiger partial charge is 0.307 e. The molecule has 0 bridgehead atoms. The Hall–Kier alpha value is -1.61. The molecule has 5 nitrogen and oxygen atoms in total. The van der Waals surface area contributed by atoms with Crippen molar-refractivity contribution in [2.75, 3.05) is 6.54 Å². The van der Waals surface area contributed by atoms with Gasteiger partial charge in [0.1, 0.15) is 4.90 Å². The molecule has 9 heteroatoms. The van der Waals surface area contributed by atoms with Crippen LogP contribution in [0.5, 0.6) is 0 Å². The lowest BCUT2D eigenvalue weighted by molar-refractivity contribution is -0.143. The first-order valence-electron chi connectivity index (χ1n) is 6.54. The Labute approximate surface area is 125 Å². The van der Waals surface area contributed by atoms with E-state index < -0.39 is 50.3 Å². The summed E-state index contributed by atoms with van der Waals surface area (Å²) in [6.07, 6.45) is 0.574. The summed E-state index contributed by atoms with van der Waals surface area (Å²) in [7, 11) is -4.46. The first-order valence-corrected chi connectivity index (χ1v) is 7.98. The van der Waals surface area contributed by atoms with E-state index in [1.807, 2.05) is 0 Å². The first-order chi connectivity index (χ1) is 10.2. The Balaban J connectivity index is 2.45. The number of benzene rings is 1. The van der Waals surface area contributed by atoms with Gasteiger partial charge in [0.2, 0.25) is 10.0 Å². The van der Waals surface area contributed by atoms with Gasteiger partial charge >= 0.3 is 5.97 Å². The van der Waals surface area contributed by atoms with Crippen LogP contribution < -0.4 is 0 Å². The normalized spacial score (nSPS) is 23.5. The second-order valence-corrected chi connectivity index (χ2v) is 7.07. The average Bonchev–Trinajstić information content (AvgIpc) is 2.44. The molecule has 1 aliphatic heterocycles. The van der Waals surface area contributed by atoms with Gasteiger partial charge in [0.25, 0.3) is 0 Å². The molecule has 1 aromatic carbocycles. The molecular formula is C13H14F3NO4S. The van der Waals surface area contributed by atoms with Crippen LogP contribution in [0.1, 0.15) is 19.8 Å². The van der Waals surface area contributed by atoms with Crippen molar-refractivity contribution < 1.29 is 31.5 Å². The third-order valence-corrected chi connectivity index (χ3v) is 5.76. The van der Waals surface area contributed by atoms with E-state index in [4.69, 9.17) is 5.11 Å². The molecular weight excluding hydrogens is 323 g/mol. The third-order valence-electron chi connectivity index (χ3n) is 3.76. The zero-order valence-corrected chi connectivity index (χ0v) is 12.4. The highest BCUT2D eigenvalue weighted by atomic mass is 32.2. The van der Waals surface area contributed by atoms with E-state index in [0.29, 0.717) is 18.6 Å². The van der Waals surface area contributed by atoms with Gasteiger partial charge in [-0.05, 0) is 31.9 Å². The van der Waals surface area contributed by atoms with E-state index >= 15 is 0 Å². The Bertz CT molecular complexity index is 707. The monoisotopic (exact) mass is 337 g/mol. The highest BCUT2D eigenvalue weighted by Crippen LogP contribution is 2.30. The predicted molar refractivity (Wildman–Crippen MR) is 70.0 cm³/mol. The van der Waals surface area contributed by atoms with Gasteiger partial charge in [-0.2, -0.15) is 4.31 Å². The molecule has 0 aromatic heterocycles. The van der Waals surface area contributed by atoms with Crippen LogP contribution in [0.3, 0.4) is 0 Å². The van der Waals surface area contributed by atoms with E-state index in [1.165, 1.54) is 0 Å². The fourth-order valence-corrected chi connectivity index (χ4v) is 4.21. The van der Waals surface area contributed by atoms with Crippen LogP contribution in [0, 0.1) is 23.4 Å². The van der Waals surface area contributed by atoms with Crippen molar-refractivity contribution in [1.82, 2.24) is 4.31 Å². The molecule has 1 fully saturated rings. The largest absolute Gasteiger partial charge is 0.481 e. The van der Waals surface area contributed by atoms with Gasteiger partial charge in [0, 0.05) is 12.6 Å². The van der Waals surface area contributed by atoms with Gasteiger partial charge in [0.15, 0.2) is 17.5 Å². The van der Waals surface area contributed by atoms with Crippen LogP contribution in [-0.2, 0) is 14.8 Å². The topological polar surface area (TPSA) is 74.7 Å². The van der Waals surface area contributed by atoms with Crippen LogP contribution in [0.15, 0.2) is 17.0 Å². The molecule has 2 rings (SSSR count). The summed E-state index contributed by atoms with van der Waals surface area (Å²) in [5.41, 5.74) is 0. The van der Waals surface area contributed by atoms with Gasteiger partial charge < -0.3 is 5.11 Å². The molecule has 22 heavy (non-hydrogen) atoms. The average molecular weight is 337 g/mol. The summed E-state index contributed by atoms with van der Waals surface area (Å²) in [5, 5.41) is 9.01. The summed E-state index contributed by atoms with van der Waals surface area (Å²) >= 11 is 0. The Kier molecular flexibility index (Phi) is 4.48. The number of halogens is 3. The summed E-state index contributed by atoms with van der Waals surface area (Å²) in [4.78, 5) is 10.0. The number of rotatable bonds is 3. The second kappa shape index (κ2) is 5.88. The Morgan fingerprint density at radius 1 is 1.23 bits per heavy atom. The minimum atomic E-state index is -4.46. The van der Waals surface area contributed by atoms with Crippen molar-refractivity contribution in [3.63, 3.8) is 0 Å². The van der Waals surface area contributed by atoms with Crippen molar-refractivity contribution in [2.24, 2.45) is 5.92 Å². The molecule has 1 aliphatic rings. The van der Waals surface area contributed by atoms with Crippen LogP contribution in [0.4, 0.5) is 13.2 Å². The van der Waals surface area contributed by atoms with Crippen LogP contribution in [0.25, 0.3) is 0 Å². The number of carboxylic acid groups (broad SMARTS) is 1. The summed E-state index contributed by atoms with van der Waals surface area (Å²) in [6.45, 7) is 1.21. The number of hydrogen-bond acceptors (Lipinski definition) is 3. The maximum Gasteiger partial charge on any atom is 0.307 e. The molecule has 1 N–H and O–H groups in total. The van der Waals surface area contributed by atoms with Crippen molar-refractivity contribution >= 4 is 16.0 Å². The Morgan fingerprint density at radius 2 is 1.86 bits per heavy atom. The van der Waals surface area contributed by atoms with Gasteiger partial charge in [-0.3, -0.25) is 4.79 Å². The minimum Gasteiger partial charge on any atom is -0.481 e. The molecule has 122 valence electrons. The SMILES string of the molecule is CC1CCC(C(=O)O)CN1S(=O)(=O)c1ccc(F)c(F)c1F. The molecule has 0 radical (unpaired) electrons. The van der Waals surface area contributed by atoms with Gasteiger partial charge in [-0.15, -0.1) is 0 Å². The predicted octanol–water partition coefficient (Wildman–Crippen LogP) is 1.98. The van der Waals surface area contributed by atoms with E-state index in [0.717, 1.165) is 4.31 Å². The number of piperidine rings is 1. The maximum atomic E-state index is 13.8. The molecule has 2 unspecified atom stereocenters. The molecule has 0 spiro atoms. The lowest BCUT2D eigenvalue weighted by atomic mass is 9.96. The van der Waals surface area contributed by atoms with Gasteiger partial charge in [-0.1, -0.05) is 0 Å². The molecule has 0 aliphatic carbocycles. The maximum absolute atomic E-state index is 13.8. The van der Waals surface area contributed by atoms with Gasteiger partial charge in [-0.25, -0.2) is 21.6 Å². The summed E-state index contributed by atoms with van der Waals surface area (Å²) < 4.78 is 65.7. The summed E-state index contributed by atoms with van der Waals surface area (Å²) in [5.74, 6) is -7.24. The van der Waals surface area contributed by atoms with Crippen LogP contribution >= 0.6 is 0 Å². The zero-order chi connectivity index (χ0) is 16.7. The molecule has 1 saturated heterocycles. The minimum absolute atomic E-state index is 0.279. The van der Waals surface area contributed by atoms with Crippen molar-refractivity contribution in [3.8, 4) is 0 Å². The molecule has 2 atom stereocenters. The fourth-order valence-electron chi connectivity index (χ4n) is 2.45. The van der Waals surface area contributed by atoms with Gasteiger partial charge in [0.05, 0.1) is 5.92 Å². The lowest BCUT2D eigenvalue weighted by Crippen LogP contribution is -2.47. The van der Waals surface area contributed by atoms with Crippen LogP contribution in [-0.4, -0.2) is 36.4 Å². The highest BCUT2D eigenvalue weighted by Gasteiger charge is 2.39. The molecule has 0 saturated carbocycles. The second-order valence-electron chi connectivity index (χ2n) is 5.21. The quantitative estimate of drug-likeness (QED) is 0.856. The molecule has 1 heterocycles. The zero-order valence-electron chi connectivity index (χ0n) is 11.6. The van der Waals surface area contributed by atoms with Crippen LogP contribution in [0.2, 0.25) is 0 Å². The van der Waals surface area contributed by atoms with E-state index in [9.17, 15) is 26.4 Å². The number of carboxylic acids is 1. The number of hydrogen-bond donors (Lipinski definition) is 1. The Morgan fingerprint density at radius 3 is 2.45 bits per heavy atom. The molecule has 0 amide bonds. The number of aliphatic carboxylic acids is 1. The number of carbonyl (C=O) groups is 1. The number of sulfonamides is 1. The fraction of sp³-hybridized carbons (Fsp3) is 0.462. The van der Waals surface area contributed by atoms with Crippen molar-refractivity contribution in [3.05, 3.63) is 29.6 Å². The first kappa shape index (κ1) is 16.8. The number of nitrogens with zero attached hydrogens (tertiary/aromatic N) is 1. The van der Waals surface area contributed by atoms with E-state index in [2.05, 4.69) is 0 Å². The summed E-state index contributed by atoms with van der Waals surface area (Å²) in [6, 6.07) is 0.600. The highest BCUT2D eigenvalue weighted by molar-refractivity contribution is 7.89.